The van der Waals surface area contributed by atoms with Gasteiger partial charge in [-0.25, -0.2) is 4.79 Å². The zero-order valence-electron chi connectivity index (χ0n) is 18.2. The first-order chi connectivity index (χ1) is 11.9. The van der Waals surface area contributed by atoms with Gasteiger partial charge in [0.25, 0.3) is 0 Å². The summed E-state index contributed by atoms with van der Waals surface area (Å²) in [7, 11) is 0. The van der Waals surface area contributed by atoms with E-state index in [9.17, 15) is 19.5 Å². The van der Waals surface area contributed by atoms with Gasteiger partial charge in [-0.2, -0.15) is 0 Å². The summed E-state index contributed by atoms with van der Waals surface area (Å²) in [6.45, 7) is -7.22. The Kier molecular flexibility index (Phi) is 3.49. The molecule has 0 aromatic rings. The van der Waals surface area contributed by atoms with Crippen LogP contribution in [0.25, 0.3) is 0 Å². The highest BCUT2D eigenvalue weighted by Gasteiger charge is 2.25. The van der Waals surface area contributed by atoms with Crippen LogP contribution in [0.4, 0.5) is 4.79 Å². The van der Waals surface area contributed by atoms with E-state index in [1.54, 1.807) is 0 Å². The SMILES string of the molecule is [2H]C([2H])([2H])C([2H])(C([2H])([2H])[2H])[C@@]([2H])(N)C(=O)C[C@@H](CCCNC(N)=O)C(=O)O. The average molecular weight is 281 g/mol. The highest BCUT2D eigenvalue weighted by Crippen LogP contribution is 2.14. The minimum absolute atomic E-state index is 0.00880. The van der Waals surface area contributed by atoms with Crippen molar-refractivity contribution >= 4 is 17.8 Å². The Hall–Kier alpha value is -1.63. The van der Waals surface area contributed by atoms with Gasteiger partial charge in [0.15, 0.2) is 5.78 Å². The molecule has 0 heterocycles. The van der Waals surface area contributed by atoms with Crippen LogP contribution in [0.3, 0.4) is 0 Å². The maximum absolute atomic E-state index is 12.4. The summed E-state index contributed by atoms with van der Waals surface area (Å²) in [6.07, 6.45) is -1.02. The van der Waals surface area contributed by atoms with Crippen molar-refractivity contribution in [3.05, 3.63) is 0 Å². The molecule has 0 radical (unpaired) electrons. The van der Waals surface area contributed by atoms with Gasteiger partial charge in [0.1, 0.15) is 0 Å². The number of nitrogens with two attached hydrogens (primary N) is 2. The van der Waals surface area contributed by atoms with E-state index in [1.165, 1.54) is 0 Å². The molecular formula is C12H23N3O4. The molecule has 7 heteroatoms. The lowest BCUT2D eigenvalue weighted by Gasteiger charge is -2.17. The van der Waals surface area contributed by atoms with Crippen LogP contribution in [0.2, 0.25) is 0 Å². The number of Topliss-reactive ketones (excluding diaryl/α,β-unsaturated/α-hetero) is 1. The lowest BCUT2D eigenvalue weighted by atomic mass is 9.91. The van der Waals surface area contributed by atoms with Crippen molar-refractivity contribution < 1.29 is 30.5 Å². The first-order valence-corrected chi connectivity index (χ1v) is 5.48. The number of rotatable bonds is 9. The van der Waals surface area contributed by atoms with Gasteiger partial charge < -0.3 is 21.9 Å². The maximum atomic E-state index is 12.4. The highest BCUT2D eigenvalue weighted by molar-refractivity contribution is 5.87. The van der Waals surface area contributed by atoms with E-state index >= 15 is 0 Å². The summed E-state index contributed by atoms with van der Waals surface area (Å²) < 4.78 is 59.5. The number of carbonyl (C=O) groups is 3. The topological polar surface area (TPSA) is 136 Å². The van der Waals surface area contributed by atoms with Crippen molar-refractivity contribution in [2.45, 2.75) is 39.0 Å². The third-order valence-corrected chi connectivity index (χ3v) is 2.38. The minimum atomic E-state index is -3.67. The number of carboxylic acids is 1. The zero-order valence-corrected chi connectivity index (χ0v) is 10.2. The number of hydrogen-bond acceptors (Lipinski definition) is 4. The van der Waals surface area contributed by atoms with Crippen LogP contribution in [-0.4, -0.2) is 35.5 Å². The second-order valence-corrected chi connectivity index (χ2v) is 3.88. The second kappa shape index (κ2) is 8.47. The van der Waals surface area contributed by atoms with E-state index in [4.69, 9.17) is 22.4 Å². The number of nitrogens with one attached hydrogen (secondary N) is 1. The fraction of sp³-hybridized carbons (Fsp3) is 0.750. The van der Waals surface area contributed by atoms with Crippen molar-refractivity contribution in [3.63, 3.8) is 0 Å². The molecule has 110 valence electrons. The van der Waals surface area contributed by atoms with Crippen molar-refractivity contribution in [2.75, 3.05) is 6.54 Å². The van der Waals surface area contributed by atoms with Gasteiger partial charge in [-0.15, -0.1) is 0 Å². The molecule has 0 aromatic heterocycles. The molecule has 0 unspecified atom stereocenters. The number of hydrogen-bond donors (Lipinski definition) is 4. The molecule has 0 fully saturated rings. The van der Waals surface area contributed by atoms with E-state index in [-0.39, 0.29) is 19.4 Å². The molecule has 0 saturated heterocycles. The molecule has 2 amide bonds. The lowest BCUT2D eigenvalue weighted by molar-refractivity contribution is -0.144. The van der Waals surface area contributed by atoms with Gasteiger partial charge in [0.05, 0.1) is 13.3 Å². The Morgan fingerprint density at radius 3 is 2.53 bits per heavy atom. The third-order valence-electron chi connectivity index (χ3n) is 2.38. The van der Waals surface area contributed by atoms with E-state index in [0.29, 0.717) is 0 Å². The Morgan fingerprint density at radius 2 is 2.05 bits per heavy atom. The van der Waals surface area contributed by atoms with Gasteiger partial charge in [-0.05, 0) is 18.7 Å². The predicted octanol–water partition coefficient (Wildman–Crippen LogP) is 0.0782. The molecule has 0 spiro atoms. The summed E-state index contributed by atoms with van der Waals surface area (Å²) in [6, 6.07) is -4.25. The standard InChI is InChI=1S/C12H23N3O4/c1-7(2)10(13)9(16)6-8(11(17)18)4-3-5-15-12(14)19/h7-8,10H,3-6,13H2,1-2H3,(H,17,18)(H3,14,15,19)/t8-,10-/m1/s1/i1D3,2D3,7D,10D. The van der Waals surface area contributed by atoms with Gasteiger partial charge in [0, 0.05) is 22.6 Å². The highest BCUT2D eigenvalue weighted by atomic mass is 16.4. The first-order valence-electron chi connectivity index (χ1n) is 9.48. The number of primary amides is 1. The molecule has 0 aliphatic carbocycles. The molecule has 0 bridgehead atoms. The first kappa shape index (κ1) is 7.84. The molecule has 0 aliphatic heterocycles. The van der Waals surface area contributed by atoms with Crippen LogP contribution < -0.4 is 16.8 Å². The molecule has 19 heavy (non-hydrogen) atoms. The average Bonchev–Trinajstić information content (AvgIpc) is 2.45. The summed E-state index contributed by atoms with van der Waals surface area (Å²) in [5.74, 6) is -8.05. The van der Waals surface area contributed by atoms with Crippen LogP contribution in [0.1, 0.15) is 43.9 Å². The van der Waals surface area contributed by atoms with Gasteiger partial charge in [-0.3, -0.25) is 9.59 Å². The number of carboxylic acid groups (broad SMARTS) is 1. The van der Waals surface area contributed by atoms with Crippen LogP contribution in [0, 0.1) is 11.8 Å². The molecule has 2 atom stereocenters. The van der Waals surface area contributed by atoms with Crippen LogP contribution in [-0.2, 0) is 9.59 Å². The smallest absolute Gasteiger partial charge is 0.312 e. The van der Waals surface area contributed by atoms with Crippen molar-refractivity contribution in [1.29, 1.82) is 0 Å². The summed E-state index contributed by atoms with van der Waals surface area (Å²) in [4.78, 5) is 34.2. The van der Waals surface area contributed by atoms with Gasteiger partial charge >= 0.3 is 12.0 Å². The molecule has 7 nitrogen and oxygen atoms in total. The largest absolute Gasteiger partial charge is 0.481 e. The minimum Gasteiger partial charge on any atom is -0.481 e. The lowest BCUT2D eigenvalue weighted by Crippen LogP contribution is -2.37. The zero-order chi connectivity index (χ0) is 21.8. The van der Waals surface area contributed by atoms with Crippen molar-refractivity contribution in [3.8, 4) is 0 Å². The fourth-order valence-corrected chi connectivity index (χ4v) is 1.35. The number of ketones is 1. The number of carbonyl (C=O) groups excluding carboxylic acids is 2. The van der Waals surface area contributed by atoms with Crippen LogP contribution in [0.5, 0.6) is 0 Å². The van der Waals surface area contributed by atoms with E-state index in [2.05, 4.69) is 5.32 Å². The Bertz CT molecular complexity index is 562. The predicted molar refractivity (Wildman–Crippen MR) is 70.4 cm³/mol. The normalized spacial score (nSPS) is 23.6. The quantitative estimate of drug-likeness (QED) is 0.444. The molecule has 0 rings (SSSR count). The van der Waals surface area contributed by atoms with E-state index in [0.717, 1.165) is 0 Å². The summed E-state index contributed by atoms with van der Waals surface area (Å²) in [5.41, 5.74) is 10.2. The Balaban J connectivity index is 5.51. The van der Waals surface area contributed by atoms with Crippen molar-refractivity contribution in [1.82, 2.24) is 5.32 Å². The summed E-state index contributed by atoms with van der Waals surface area (Å²) >= 11 is 0. The van der Waals surface area contributed by atoms with Crippen LogP contribution >= 0.6 is 0 Å². The fourth-order valence-electron chi connectivity index (χ4n) is 1.35. The van der Waals surface area contributed by atoms with Crippen molar-refractivity contribution in [2.24, 2.45) is 23.3 Å². The third kappa shape index (κ3) is 7.40. The Labute approximate surface area is 124 Å². The maximum Gasteiger partial charge on any atom is 0.312 e. The van der Waals surface area contributed by atoms with E-state index < -0.39 is 55.7 Å². The Morgan fingerprint density at radius 1 is 1.42 bits per heavy atom. The van der Waals surface area contributed by atoms with Gasteiger partial charge in [-0.1, -0.05) is 13.7 Å². The number of aliphatic carboxylic acids is 1. The molecule has 0 aromatic carbocycles. The molecular weight excluding hydrogens is 250 g/mol. The van der Waals surface area contributed by atoms with Crippen LogP contribution in [0.15, 0.2) is 0 Å². The van der Waals surface area contributed by atoms with Gasteiger partial charge in [0.2, 0.25) is 0 Å². The number of amides is 2. The monoisotopic (exact) mass is 281 g/mol. The second-order valence-electron chi connectivity index (χ2n) is 3.88. The molecule has 0 aliphatic rings. The molecule has 0 saturated carbocycles. The number of urea groups is 1. The molecule has 6 N–H and O–H groups in total. The van der Waals surface area contributed by atoms with E-state index in [1.807, 2.05) is 0 Å². The summed E-state index contributed by atoms with van der Waals surface area (Å²) in [5, 5.41) is 11.4.